The number of ether oxygens (including phenoxy) is 1. The highest BCUT2D eigenvalue weighted by Gasteiger charge is 2.16. The van der Waals surface area contributed by atoms with Gasteiger partial charge in [0.15, 0.2) is 0 Å². The Labute approximate surface area is 114 Å². The van der Waals surface area contributed by atoms with E-state index in [1.54, 1.807) is 7.11 Å². The molecule has 19 heavy (non-hydrogen) atoms. The lowest BCUT2D eigenvalue weighted by atomic mass is 9.94. The predicted molar refractivity (Wildman–Crippen MR) is 77.5 cm³/mol. The fourth-order valence-electron chi connectivity index (χ4n) is 2.44. The van der Waals surface area contributed by atoms with Gasteiger partial charge in [0.2, 0.25) is 0 Å². The molecular formula is C15H21N3O. The highest BCUT2D eigenvalue weighted by atomic mass is 16.5. The molecule has 102 valence electrons. The highest BCUT2D eigenvalue weighted by molar-refractivity contribution is 5.74. The molecule has 0 radical (unpaired) electrons. The average Bonchev–Trinajstić information content (AvgIpc) is 2.75. The fourth-order valence-corrected chi connectivity index (χ4v) is 2.44. The second kappa shape index (κ2) is 5.45. The van der Waals surface area contributed by atoms with E-state index in [1.807, 2.05) is 13.0 Å². The summed E-state index contributed by atoms with van der Waals surface area (Å²) in [6.07, 6.45) is 0.782. The number of nitrogens with one attached hydrogen (secondary N) is 1. The van der Waals surface area contributed by atoms with Gasteiger partial charge in [0, 0.05) is 17.7 Å². The zero-order valence-corrected chi connectivity index (χ0v) is 12.0. The third-order valence-corrected chi connectivity index (χ3v) is 3.63. The van der Waals surface area contributed by atoms with Gasteiger partial charge in [-0.15, -0.1) is 0 Å². The van der Waals surface area contributed by atoms with E-state index in [9.17, 15) is 0 Å². The van der Waals surface area contributed by atoms with Crippen molar-refractivity contribution in [3.05, 3.63) is 34.6 Å². The Morgan fingerprint density at radius 3 is 2.58 bits per heavy atom. The van der Waals surface area contributed by atoms with E-state index in [4.69, 9.17) is 10.5 Å². The van der Waals surface area contributed by atoms with Crippen molar-refractivity contribution in [1.29, 1.82) is 0 Å². The molecule has 0 bridgehead atoms. The third-order valence-electron chi connectivity index (χ3n) is 3.63. The molecule has 1 aromatic carbocycles. The van der Waals surface area contributed by atoms with Crippen molar-refractivity contribution in [3.8, 4) is 16.9 Å². The van der Waals surface area contributed by atoms with E-state index in [0.29, 0.717) is 6.54 Å². The Kier molecular flexibility index (Phi) is 3.90. The molecule has 0 fully saturated rings. The quantitative estimate of drug-likeness (QED) is 0.886. The molecule has 1 aromatic heterocycles. The summed E-state index contributed by atoms with van der Waals surface area (Å²) in [6, 6.07) is 4.11. The monoisotopic (exact) mass is 259 g/mol. The average molecular weight is 259 g/mol. The van der Waals surface area contributed by atoms with Gasteiger partial charge in [-0.05, 0) is 50.1 Å². The van der Waals surface area contributed by atoms with Gasteiger partial charge in [0.1, 0.15) is 5.75 Å². The van der Waals surface area contributed by atoms with Crippen LogP contribution in [0.15, 0.2) is 12.1 Å². The van der Waals surface area contributed by atoms with Gasteiger partial charge in [0.05, 0.1) is 12.8 Å². The van der Waals surface area contributed by atoms with Gasteiger partial charge in [-0.1, -0.05) is 6.07 Å². The molecule has 4 heteroatoms. The summed E-state index contributed by atoms with van der Waals surface area (Å²) in [5.41, 5.74) is 12.5. The number of benzene rings is 1. The maximum Gasteiger partial charge on any atom is 0.122 e. The van der Waals surface area contributed by atoms with E-state index in [2.05, 4.69) is 30.1 Å². The van der Waals surface area contributed by atoms with Crippen molar-refractivity contribution in [1.82, 2.24) is 10.2 Å². The van der Waals surface area contributed by atoms with Crippen LogP contribution in [0.2, 0.25) is 0 Å². The first-order valence-electron chi connectivity index (χ1n) is 6.48. The summed E-state index contributed by atoms with van der Waals surface area (Å²) in [6.45, 7) is 6.84. The van der Waals surface area contributed by atoms with Gasteiger partial charge in [-0.25, -0.2) is 0 Å². The molecule has 0 atom stereocenters. The van der Waals surface area contributed by atoms with Crippen molar-refractivity contribution in [2.45, 2.75) is 27.2 Å². The Balaban J connectivity index is 2.59. The number of H-pyrrole nitrogens is 1. The minimum atomic E-state index is 0.603. The summed E-state index contributed by atoms with van der Waals surface area (Å²) in [7, 11) is 1.70. The maximum absolute atomic E-state index is 5.66. The van der Waals surface area contributed by atoms with Gasteiger partial charge in [0.25, 0.3) is 0 Å². The van der Waals surface area contributed by atoms with Gasteiger partial charge < -0.3 is 10.5 Å². The summed E-state index contributed by atoms with van der Waals surface area (Å²) in [5.74, 6) is 0.919. The van der Waals surface area contributed by atoms with Crippen LogP contribution in [0.1, 0.15) is 22.5 Å². The molecule has 0 aliphatic heterocycles. The van der Waals surface area contributed by atoms with Crippen molar-refractivity contribution < 1.29 is 4.74 Å². The molecule has 3 N–H and O–H groups in total. The van der Waals surface area contributed by atoms with Gasteiger partial charge >= 0.3 is 0 Å². The van der Waals surface area contributed by atoms with Crippen LogP contribution in [0, 0.1) is 20.8 Å². The number of hydrogen-bond donors (Lipinski definition) is 2. The number of hydrogen-bond acceptors (Lipinski definition) is 3. The molecule has 0 saturated carbocycles. The summed E-state index contributed by atoms with van der Waals surface area (Å²) < 4.78 is 5.36. The largest absolute Gasteiger partial charge is 0.496 e. The number of methoxy groups -OCH3 is 1. The van der Waals surface area contributed by atoms with E-state index in [0.717, 1.165) is 23.6 Å². The molecule has 2 rings (SSSR count). The Hall–Kier alpha value is -1.81. The van der Waals surface area contributed by atoms with Crippen LogP contribution in [0.5, 0.6) is 5.75 Å². The second-order valence-electron chi connectivity index (χ2n) is 4.77. The maximum atomic E-state index is 5.66. The molecule has 0 amide bonds. The van der Waals surface area contributed by atoms with Crippen LogP contribution in [0.4, 0.5) is 0 Å². The molecule has 0 unspecified atom stereocenters. The first-order chi connectivity index (χ1) is 9.10. The number of aromatic amines is 1. The lowest BCUT2D eigenvalue weighted by Gasteiger charge is -2.13. The van der Waals surface area contributed by atoms with Crippen LogP contribution in [-0.4, -0.2) is 23.9 Å². The van der Waals surface area contributed by atoms with Crippen LogP contribution >= 0.6 is 0 Å². The molecule has 2 aromatic rings. The van der Waals surface area contributed by atoms with Crippen molar-refractivity contribution in [2.75, 3.05) is 13.7 Å². The number of rotatable bonds is 4. The Morgan fingerprint density at radius 1 is 1.21 bits per heavy atom. The number of aryl methyl sites for hydroxylation is 1. The van der Waals surface area contributed by atoms with E-state index >= 15 is 0 Å². The summed E-state index contributed by atoms with van der Waals surface area (Å²) in [5, 5.41) is 7.42. The molecule has 1 heterocycles. The highest BCUT2D eigenvalue weighted by Crippen LogP contribution is 2.34. The molecule has 0 spiro atoms. The minimum absolute atomic E-state index is 0.603. The standard InChI is InChI=1S/C15H21N3O/c1-9-10(2)14(19-4)6-5-12(9)15-11(3)17-18-13(15)7-8-16/h5-6H,7-8,16H2,1-4H3,(H,17,18). The molecule has 4 nitrogen and oxygen atoms in total. The van der Waals surface area contributed by atoms with Gasteiger partial charge in [-0.3, -0.25) is 5.10 Å². The molecule has 0 aliphatic rings. The van der Waals surface area contributed by atoms with Crippen LogP contribution in [0.3, 0.4) is 0 Å². The summed E-state index contributed by atoms with van der Waals surface area (Å²) in [4.78, 5) is 0. The zero-order valence-electron chi connectivity index (χ0n) is 12.0. The zero-order chi connectivity index (χ0) is 14.0. The van der Waals surface area contributed by atoms with Crippen LogP contribution in [-0.2, 0) is 6.42 Å². The number of nitrogens with zero attached hydrogens (tertiary/aromatic N) is 1. The van der Waals surface area contributed by atoms with Gasteiger partial charge in [-0.2, -0.15) is 5.10 Å². The fraction of sp³-hybridized carbons (Fsp3) is 0.400. The van der Waals surface area contributed by atoms with Crippen molar-refractivity contribution in [2.24, 2.45) is 5.73 Å². The Bertz CT molecular complexity index is 587. The molecular weight excluding hydrogens is 238 g/mol. The molecule has 0 saturated heterocycles. The smallest absolute Gasteiger partial charge is 0.122 e. The SMILES string of the molecule is COc1ccc(-c2c(CCN)n[nH]c2C)c(C)c1C. The number of aromatic nitrogens is 2. The van der Waals surface area contributed by atoms with E-state index in [-0.39, 0.29) is 0 Å². The minimum Gasteiger partial charge on any atom is -0.496 e. The lowest BCUT2D eigenvalue weighted by Crippen LogP contribution is -2.04. The topological polar surface area (TPSA) is 63.9 Å². The first kappa shape index (κ1) is 13.6. The number of nitrogens with two attached hydrogens (primary N) is 1. The van der Waals surface area contributed by atoms with Crippen LogP contribution < -0.4 is 10.5 Å². The van der Waals surface area contributed by atoms with E-state index in [1.165, 1.54) is 22.3 Å². The first-order valence-corrected chi connectivity index (χ1v) is 6.48. The van der Waals surface area contributed by atoms with Crippen molar-refractivity contribution in [3.63, 3.8) is 0 Å². The van der Waals surface area contributed by atoms with Crippen LogP contribution in [0.25, 0.3) is 11.1 Å². The predicted octanol–water partition coefficient (Wildman–Crippen LogP) is 2.51. The third kappa shape index (κ3) is 2.36. The van der Waals surface area contributed by atoms with E-state index < -0.39 is 0 Å². The molecule has 0 aliphatic carbocycles. The van der Waals surface area contributed by atoms with Crippen molar-refractivity contribution >= 4 is 0 Å². The lowest BCUT2D eigenvalue weighted by molar-refractivity contribution is 0.411. The normalized spacial score (nSPS) is 10.8. The Morgan fingerprint density at radius 2 is 1.95 bits per heavy atom. The second-order valence-corrected chi connectivity index (χ2v) is 4.77. The summed E-state index contributed by atoms with van der Waals surface area (Å²) >= 11 is 0.